The maximum atomic E-state index is 13.9. The van der Waals surface area contributed by atoms with Crippen molar-refractivity contribution in [1.29, 1.82) is 0 Å². The van der Waals surface area contributed by atoms with Gasteiger partial charge in [-0.3, -0.25) is 9.20 Å². The predicted octanol–water partition coefficient (Wildman–Crippen LogP) is 8.25. The zero-order valence-corrected chi connectivity index (χ0v) is 21.1. The van der Waals surface area contributed by atoms with Gasteiger partial charge >= 0.3 is 0 Å². The maximum Gasteiger partial charge on any atom is 0.273 e. The van der Waals surface area contributed by atoms with E-state index in [0.29, 0.717) is 21.4 Å². The van der Waals surface area contributed by atoms with Crippen molar-refractivity contribution < 1.29 is 13.6 Å². The minimum atomic E-state index is -0.344. The summed E-state index contributed by atoms with van der Waals surface area (Å²) >= 11 is 12.2. The second-order valence-electron chi connectivity index (χ2n) is 9.12. The van der Waals surface area contributed by atoms with Crippen molar-refractivity contribution in [3.05, 3.63) is 106 Å². The van der Waals surface area contributed by atoms with E-state index in [1.54, 1.807) is 42.5 Å². The summed E-state index contributed by atoms with van der Waals surface area (Å²) in [5.74, 6) is -0.982. The molecule has 1 aliphatic rings. The van der Waals surface area contributed by atoms with E-state index in [9.17, 15) is 13.6 Å². The first kappa shape index (κ1) is 23.8. The Morgan fingerprint density at radius 2 is 1.51 bits per heavy atom. The third kappa shape index (κ3) is 4.20. The topological polar surface area (TPSA) is 38.4 Å². The van der Waals surface area contributed by atoms with Crippen molar-refractivity contribution in [2.24, 2.45) is 0 Å². The van der Waals surface area contributed by atoms with E-state index >= 15 is 0 Å². The summed E-state index contributed by atoms with van der Waals surface area (Å²) in [5, 5.41) is 3.68. The summed E-state index contributed by atoms with van der Waals surface area (Å²) in [5.41, 5.74) is 6.17. The number of imidazole rings is 1. The molecule has 1 aliphatic heterocycles. The molecule has 0 atom stereocenters. The van der Waals surface area contributed by atoms with Gasteiger partial charge in [0.15, 0.2) is 0 Å². The molecule has 0 unspecified atom stereocenters. The van der Waals surface area contributed by atoms with Crippen LogP contribution >= 0.6 is 23.2 Å². The number of amides is 1. The average Bonchev–Trinajstić information content (AvgIpc) is 3.30. The minimum Gasteiger partial charge on any atom is -0.325 e. The first-order valence-corrected chi connectivity index (χ1v) is 12.7. The van der Waals surface area contributed by atoms with Gasteiger partial charge < -0.3 is 9.88 Å². The molecule has 0 saturated heterocycles. The van der Waals surface area contributed by atoms with Crippen LogP contribution in [0, 0.1) is 11.6 Å². The quantitative estimate of drug-likeness (QED) is 0.247. The zero-order valence-electron chi connectivity index (χ0n) is 19.6. The van der Waals surface area contributed by atoms with Crippen LogP contribution in [0.25, 0.3) is 28.0 Å². The van der Waals surface area contributed by atoms with Gasteiger partial charge in [0.2, 0.25) is 0 Å². The lowest BCUT2D eigenvalue weighted by Crippen LogP contribution is -2.15. The number of hydrogen-bond acceptors (Lipinski definition) is 1. The number of rotatable bonds is 4. The summed E-state index contributed by atoms with van der Waals surface area (Å²) in [7, 11) is 0. The number of halogens is 4. The molecule has 0 fully saturated rings. The number of anilines is 1. The lowest BCUT2D eigenvalue weighted by atomic mass is 9.97. The van der Waals surface area contributed by atoms with Gasteiger partial charge in [-0.05, 0) is 85.0 Å². The molecule has 4 nitrogen and oxygen atoms in total. The molecule has 6 rings (SSSR count). The van der Waals surface area contributed by atoms with Gasteiger partial charge in [0.05, 0.1) is 15.7 Å². The van der Waals surface area contributed by atoms with Gasteiger partial charge in [0.25, 0.3) is 5.91 Å². The van der Waals surface area contributed by atoms with Crippen LogP contribution < -0.4 is 5.32 Å². The summed E-state index contributed by atoms with van der Waals surface area (Å²) in [4.78, 5) is 13.9. The number of aromatic nitrogens is 2. The van der Waals surface area contributed by atoms with E-state index in [1.807, 2.05) is 10.6 Å². The number of nitrogens with zero attached hydrogens (tertiary/aromatic N) is 2. The highest BCUT2D eigenvalue weighted by molar-refractivity contribution is 6.42. The fraction of sp³-hybridized carbons (Fsp3) is 0.138. The van der Waals surface area contributed by atoms with Crippen LogP contribution in [-0.2, 0) is 13.0 Å². The summed E-state index contributed by atoms with van der Waals surface area (Å²) in [6, 6.07) is 17.5. The van der Waals surface area contributed by atoms with Gasteiger partial charge in [-0.1, -0.05) is 35.3 Å². The Labute approximate surface area is 222 Å². The lowest BCUT2D eigenvalue weighted by Gasteiger charge is -2.11. The molecule has 1 N–H and O–H groups in total. The molecule has 0 aliphatic carbocycles. The van der Waals surface area contributed by atoms with Crippen LogP contribution in [0.5, 0.6) is 0 Å². The second-order valence-corrected chi connectivity index (χ2v) is 9.93. The van der Waals surface area contributed by atoms with Crippen LogP contribution in [-0.4, -0.2) is 14.9 Å². The number of nitrogens with one attached hydrogen (secondary N) is 1. The Kier molecular flexibility index (Phi) is 6.01. The molecule has 5 aromatic rings. The van der Waals surface area contributed by atoms with Crippen LogP contribution in [0.1, 0.15) is 28.9 Å². The first-order valence-electron chi connectivity index (χ1n) is 12.0. The summed E-state index contributed by atoms with van der Waals surface area (Å²) in [6.45, 7) is 0.761. The SMILES string of the molecule is O=C(Nc1ccc(Cl)c(Cl)c1)c1c(-c2ccc(F)cc2)c2c3n(c(-c4ccc(F)cc4)cn13)CCCC2. The largest absolute Gasteiger partial charge is 0.325 e. The Bertz CT molecular complexity index is 1650. The molecule has 0 radical (unpaired) electrons. The molecule has 1 amide bonds. The first-order chi connectivity index (χ1) is 17.9. The van der Waals surface area contributed by atoms with Gasteiger partial charge in [0.1, 0.15) is 23.0 Å². The van der Waals surface area contributed by atoms with Gasteiger partial charge in [-0.2, -0.15) is 0 Å². The monoisotopic (exact) mass is 535 g/mol. The van der Waals surface area contributed by atoms with Crippen molar-refractivity contribution in [1.82, 2.24) is 8.97 Å². The highest BCUT2D eigenvalue weighted by Gasteiger charge is 2.29. The average molecular weight is 536 g/mol. The van der Waals surface area contributed by atoms with E-state index in [4.69, 9.17) is 23.2 Å². The number of aryl methyl sites for hydroxylation is 2. The maximum absolute atomic E-state index is 13.9. The van der Waals surface area contributed by atoms with E-state index in [0.717, 1.165) is 59.4 Å². The predicted molar refractivity (Wildman–Crippen MR) is 144 cm³/mol. The molecule has 0 bridgehead atoms. The molecule has 0 saturated carbocycles. The van der Waals surface area contributed by atoms with Crippen molar-refractivity contribution in [2.45, 2.75) is 25.8 Å². The van der Waals surface area contributed by atoms with Crippen molar-refractivity contribution in [3.8, 4) is 22.4 Å². The highest BCUT2D eigenvalue weighted by Crippen LogP contribution is 2.40. The van der Waals surface area contributed by atoms with E-state index in [2.05, 4.69) is 9.88 Å². The third-order valence-electron chi connectivity index (χ3n) is 6.80. The van der Waals surface area contributed by atoms with E-state index in [1.165, 1.54) is 24.3 Å². The summed E-state index contributed by atoms with van der Waals surface area (Å²) in [6.07, 6.45) is 4.59. The molecule has 186 valence electrons. The smallest absolute Gasteiger partial charge is 0.273 e. The lowest BCUT2D eigenvalue weighted by molar-refractivity contribution is 0.102. The molecular weight excluding hydrogens is 515 g/mol. The van der Waals surface area contributed by atoms with Crippen LogP contribution in [0.2, 0.25) is 10.0 Å². The normalized spacial score (nSPS) is 13.1. The van der Waals surface area contributed by atoms with Crippen molar-refractivity contribution >= 4 is 40.4 Å². The number of carbonyl (C=O) groups excluding carboxylic acids is 1. The Morgan fingerprint density at radius 1 is 0.838 bits per heavy atom. The van der Waals surface area contributed by atoms with Gasteiger partial charge in [-0.15, -0.1) is 0 Å². The standard InChI is InChI=1S/C29H21Cl2F2N3O/c30-23-13-12-21(15-24(23)31)34-28(37)27-26(18-6-10-20(33)11-7-18)22-3-1-2-14-35-25(16-36(27)29(22)35)17-4-8-19(32)9-5-17/h4-13,15-16H,1-3,14H2,(H,34,37). The third-order valence-corrected chi connectivity index (χ3v) is 7.54. The molecule has 2 aromatic heterocycles. The number of benzene rings is 3. The Hall–Kier alpha value is -3.61. The molecule has 3 aromatic carbocycles. The second kappa shape index (κ2) is 9.36. The minimum absolute atomic E-state index is 0.307. The van der Waals surface area contributed by atoms with Crippen LogP contribution in [0.4, 0.5) is 14.5 Å². The zero-order chi connectivity index (χ0) is 25.7. The van der Waals surface area contributed by atoms with Crippen LogP contribution in [0.15, 0.2) is 72.9 Å². The van der Waals surface area contributed by atoms with E-state index < -0.39 is 0 Å². The van der Waals surface area contributed by atoms with Gasteiger partial charge in [0, 0.05) is 29.6 Å². The van der Waals surface area contributed by atoms with Crippen LogP contribution in [0.3, 0.4) is 0 Å². The number of carbonyl (C=O) groups is 1. The van der Waals surface area contributed by atoms with Gasteiger partial charge in [-0.25, -0.2) is 8.78 Å². The highest BCUT2D eigenvalue weighted by atomic mass is 35.5. The molecule has 3 heterocycles. The van der Waals surface area contributed by atoms with Crippen molar-refractivity contribution in [2.75, 3.05) is 5.32 Å². The Balaban J connectivity index is 1.59. The number of hydrogen-bond donors (Lipinski definition) is 1. The summed E-state index contributed by atoms with van der Waals surface area (Å²) < 4.78 is 31.6. The fourth-order valence-corrected chi connectivity index (χ4v) is 5.45. The molecule has 37 heavy (non-hydrogen) atoms. The molecule has 0 spiro atoms. The molecular formula is C29H21Cl2F2N3O. The molecule has 8 heteroatoms. The van der Waals surface area contributed by atoms with Crippen molar-refractivity contribution in [3.63, 3.8) is 0 Å². The Morgan fingerprint density at radius 3 is 2.19 bits per heavy atom. The van der Waals surface area contributed by atoms with E-state index in [-0.39, 0.29) is 17.5 Å². The fourth-order valence-electron chi connectivity index (χ4n) is 5.15.